The summed E-state index contributed by atoms with van der Waals surface area (Å²) in [4.78, 5) is 41.0. The number of aromatic amines is 1. The number of esters is 1. The lowest BCUT2D eigenvalue weighted by atomic mass is 10.1. The van der Waals surface area contributed by atoms with E-state index >= 15 is 0 Å². The van der Waals surface area contributed by atoms with E-state index in [1.807, 2.05) is 51.1 Å². The maximum atomic E-state index is 12.4. The molecule has 8 nitrogen and oxygen atoms in total. The zero-order valence-corrected chi connectivity index (χ0v) is 19.7. The molecule has 0 bridgehead atoms. The van der Waals surface area contributed by atoms with Gasteiger partial charge in [0, 0.05) is 42.8 Å². The van der Waals surface area contributed by atoms with Crippen molar-refractivity contribution in [1.82, 2.24) is 9.88 Å². The molecule has 0 aliphatic carbocycles. The van der Waals surface area contributed by atoms with Crippen LogP contribution >= 0.6 is 0 Å². The highest BCUT2D eigenvalue weighted by atomic mass is 16.6. The molecule has 0 atom stereocenters. The standard InChI is InChI=1S/C25H29N3O5/c1-15(29)26-18-11-20(23(30)32-6)19-13-21(27-22(19)12-18)17-9-7-8-16(10-17)14-28(5)24(31)33-25(2,3)4/h7-13,27H,14H2,1-6H3,(H,26,29). The second-order valence-corrected chi connectivity index (χ2v) is 8.88. The lowest BCUT2D eigenvalue weighted by molar-refractivity contribution is -0.114. The molecule has 3 rings (SSSR count). The highest BCUT2D eigenvalue weighted by molar-refractivity contribution is 6.07. The Morgan fingerprint density at radius 2 is 1.82 bits per heavy atom. The topological polar surface area (TPSA) is 101 Å². The molecule has 0 saturated carbocycles. The molecular formula is C25H29N3O5. The summed E-state index contributed by atoms with van der Waals surface area (Å²) in [6.07, 6.45) is -0.397. The molecular weight excluding hydrogens is 422 g/mol. The molecule has 2 N–H and O–H groups in total. The first-order valence-electron chi connectivity index (χ1n) is 10.5. The third kappa shape index (κ3) is 5.91. The van der Waals surface area contributed by atoms with Gasteiger partial charge < -0.3 is 24.7 Å². The third-order valence-electron chi connectivity index (χ3n) is 4.83. The minimum Gasteiger partial charge on any atom is -0.465 e. The van der Waals surface area contributed by atoms with Crippen LogP contribution in [-0.2, 0) is 20.8 Å². The normalized spacial score (nSPS) is 11.2. The monoisotopic (exact) mass is 451 g/mol. The van der Waals surface area contributed by atoms with Gasteiger partial charge in [-0.1, -0.05) is 18.2 Å². The van der Waals surface area contributed by atoms with Gasteiger partial charge in [0.1, 0.15) is 5.60 Å². The Morgan fingerprint density at radius 3 is 2.45 bits per heavy atom. The van der Waals surface area contributed by atoms with E-state index in [1.165, 1.54) is 18.9 Å². The summed E-state index contributed by atoms with van der Waals surface area (Å²) >= 11 is 0. The molecule has 8 heteroatoms. The Kier molecular flexibility index (Phi) is 6.76. The smallest absolute Gasteiger partial charge is 0.410 e. The van der Waals surface area contributed by atoms with Crippen molar-refractivity contribution in [3.63, 3.8) is 0 Å². The molecule has 2 aromatic carbocycles. The van der Waals surface area contributed by atoms with Gasteiger partial charge in [-0.3, -0.25) is 4.79 Å². The van der Waals surface area contributed by atoms with Crippen molar-refractivity contribution < 1.29 is 23.9 Å². The van der Waals surface area contributed by atoms with Crippen molar-refractivity contribution in [3.8, 4) is 11.3 Å². The molecule has 0 radical (unpaired) electrons. The molecule has 0 fully saturated rings. The minimum atomic E-state index is -0.564. The Morgan fingerprint density at radius 1 is 1.09 bits per heavy atom. The molecule has 1 aromatic heterocycles. The number of rotatable bonds is 5. The Hall–Kier alpha value is -3.81. The molecule has 0 spiro atoms. The number of hydrogen-bond acceptors (Lipinski definition) is 5. The number of nitrogens with zero attached hydrogens (tertiary/aromatic N) is 1. The van der Waals surface area contributed by atoms with Crippen LogP contribution in [0.5, 0.6) is 0 Å². The number of H-pyrrole nitrogens is 1. The number of anilines is 1. The van der Waals surface area contributed by atoms with Gasteiger partial charge in [-0.2, -0.15) is 0 Å². The number of aromatic nitrogens is 1. The van der Waals surface area contributed by atoms with Crippen LogP contribution in [0.1, 0.15) is 43.6 Å². The number of hydrogen-bond donors (Lipinski definition) is 2. The second-order valence-electron chi connectivity index (χ2n) is 8.88. The molecule has 0 saturated heterocycles. The summed E-state index contributed by atoms with van der Waals surface area (Å²) in [7, 11) is 3.01. The van der Waals surface area contributed by atoms with Gasteiger partial charge in [-0.15, -0.1) is 0 Å². The van der Waals surface area contributed by atoms with E-state index in [4.69, 9.17) is 9.47 Å². The van der Waals surface area contributed by atoms with Crippen molar-refractivity contribution in [2.75, 3.05) is 19.5 Å². The van der Waals surface area contributed by atoms with E-state index in [0.29, 0.717) is 28.7 Å². The molecule has 33 heavy (non-hydrogen) atoms. The van der Waals surface area contributed by atoms with Crippen LogP contribution in [-0.4, -0.2) is 47.6 Å². The van der Waals surface area contributed by atoms with Gasteiger partial charge >= 0.3 is 12.1 Å². The minimum absolute atomic E-state index is 0.237. The van der Waals surface area contributed by atoms with Crippen LogP contribution in [0, 0.1) is 0 Å². The van der Waals surface area contributed by atoms with Crippen molar-refractivity contribution >= 4 is 34.6 Å². The van der Waals surface area contributed by atoms with E-state index in [0.717, 1.165) is 16.8 Å². The second kappa shape index (κ2) is 9.36. The quantitative estimate of drug-likeness (QED) is 0.535. The molecule has 2 amide bonds. The van der Waals surface area contributed by atoms with E-state index < -0.39 is 17.7 Å². The van der Waals surface area contributed by atoms with Crippen molar-refractivity contribution in [3.05, 3.63) is 53.6 Å². The van der Waals surface area contributed by atoms with Gasteiger partial charge in [0.15, 0.2) is 0 Å². The van der Waals surface area contributed by atoms with Crippen molar-refractivity contribution in [2.24, 2.45) is 0 Å². The van der Waals surface area contributed by atoms with Crippen LogP contribution in [0.4, 0.5) is 10.5 Å². The number of amides is 2. The predicted octanol–water partition coefficient (Wildman–Crippen LogP) is 4.95. The van der Waals surface area contributed by atoms with Gasteiger partial charge in [-0.25, -0.2) is 9.59 Å². The summed E-state index contributed by atoms with van der Waals surface area (Å²) in [6.45, 7) is 7.27. The Bertz CT molecular complexity index is 1210. The van der Waals surface area contributed by atoms with Gasteiger partial charge in [0.05, 0.1) is 12.7 Å². The number of nitrogens with one attached hydrogen (secondary N) is 2. The number of carbonyl (C=O) groups excluding carboxylic acids is 3. The summed E-state index contributed by atoms with van der Waals surface area (Å²) in [6, 6.07) is 13.0. The molecule has 3 aromatic rings. The van der Waals surface area contributed by atoms with Crippen LogP contribution in [0.2, 0.25) is 0 Å². The SMILES string of the molecule is COC(=O)c1cc(NC(C)=O)cc2[nH]c(-c3cccc(CN(C)C(=O)OC(C)(C)C)c3)cc12. The van der Waals surface area contributed by atoms with Crippen LogP contribution < -0.4 is 5.32 Å². The fourth-order valence-electron chi connectivity index (χ4n) is 3.46. The van der Waals surface area contributed by atoms with E-state index in [1.54, 1.807) is 19.2 Å². The van der Waals surface area contributed by atoms with Crippen LogP contribution in [0.15, 0.2) is 42.5 Å². The summed E-state index contributed by atoms with van der Waals surface area (Å²) in [5.41, 5.74) is 3.57. The first-order chi connectivity index (χ1) is 15.5. The molecule has 0 aliphatic heterocycles. The predicted molar refractivity (Wildman–Crippen MR) is 127 cm³/mol. The highest BCUT2D eigenvalue weighted by Crippen LogP contribution is 2.30. The molecule has 1 heterocycles. The van der Waals surface area contributed by atoms with Gasteiger partial charge in [-0.05, 0) is 56.2 Å². The molecule has 0 aliphatic rings. The highest BCUT2D eigenvalue weighted by Gasteiger charge is 2.20. The van der Waals surface area contributed by atoms with Crippen LogP contribution in [0.25, 0.3) is 22.2 Å². The lowest BCUT2D eigenvalue weighted by Gasteiger charge is -2.24. The zero-order chi connectivity index (χ0) is 24.3. The average Bonchev–Trinajstić information content (AvgIpc) is 3.15. The van der Waals surface area contributed by atoms with Crippen molar-refractivity contribution in [1.29, 1.82) is 0 Å². The largest absolute Gasteiger partial charge is 0.465 e. The number of fused-ring (bicyclic) bond motifs is 1. The summed E-state index contributed by atoms with van der Waals surface area (Å²) < 4.78 is 10.3. The number of benzene rings is 2. The molecule has 174 valence electrons. The average molecular weight is 452 g/mol. The first kappa shape index (κ1) is 23.8. The summed E-state index contributed by atoms with van der Waals surface area (Å²) in [5, 5.41) is 3.39. The number of carbonyl (C=O) groups is 3. The Labute approximate surface area is 192 Å². The third-order valence-corrected chi connectivity index (χ3v) is 4.83. The fourth-order valence-corrected chi connectivity index (χ4v) is 3.46. The van der Waals surface area contributed by atoms with E-state index in [9.17, 15) is 14.4 Å². The Balaban J connectivity index is 1.94. The fraction of sp³-hybridized carbons (Fsp3) is 0.320. The maximum absolute atomic E-state index is 12.4. The number of methoxy groups -OCH3 is 1. The van der Waals surface area contributed by atoms with E-state index in [2.05, 4.69) is 10.3 Å². The summed E-state index contributed by atoms with van der Waals surface area (Å²) in [5.74, 6) is -0.732. The number of ether oxygens (including phenoxy) is 2. The van der Waals surface area contributed by atoms with Crippen LogP contribution in [0.3, 0.4) is 0 Å². The van der Waals surface area contributed by atoms with Crippen molar-refractivity contribution in [2.45, 2.75) is 39.8 Å². The zero-order valence-electron chi connectivity index (χ0n) is 19.7. The lowest BCUT2D eigenvalue weighted by Crippen LogP contribution is -2.33. The van der Waals surface area contributed by atoms with Gasteiger partial charge in [0.25, 0.3) is 0 Å². The maximum Gasteiger partial charge on any atom is 0.410 e. The van der Waals surface area contributed by atoms with Gasteiger partial charge in [0.2, 0.25) is 5.91 Å². The first-order valence-corrected chi connectivity index (χ1v) is 10.5. The van der Waals surface area contributed by atoms with E-state index in [-0.39, 0.29) is 5.91 Å². The molecule has 0 unspecified atom stereocenters.